The molecule has 26 heavy (non-hydrogen) atoms. The molecule has 3 heterocycles. The minimum atomic E-state index is -1.02. The second kappa shape index (κ2) is 6.59. The van der Waals surface area contributed by atoms with Crippen molar-refractivity contribution in [3.63, 3.8) is 0 Å². The van der Waals surface area contributed by atoms with Crippen LogP contribution in [0.3, 0.4) is 0 Å². The summed E-state index contributed by atoms with van der Waals surface area (Å²) in [5, 5.41) is 0. The summed E-state index contributed by atoms with van der Waals surface area (Å²) in [5.41, 5.74) is 3.43. The number of piperidine rings is 1. The molecule has 0 radical (unpaired) electrons. The van der Waals surface area contributed by atoms with Crippen LogP contribution >= 0.6 is 0 Å². The first kappa shape index (κ1) is 16.7. The van der Waals surface area contributed by atoms with Crippen LogP contribution in [-0.2, 0) is 21.3 Å². The topological polar surface area (TPSA) is 29.5 Å². The molecule has 3 aliphatic heterocycles. The molecule has 0 N–H and O–H groups in total. The fraction of sp³-hybridized carbons (Fsp3) is 0.455. The van der Waals surface area contributed by atoms with Crippen molar-refractivity contribution in [3.05, 3.63) is 65.2 Å². The smallest absolute Gasteiger partial charge is 0.109 e. The van der Waals surface area contributed by atoms with E-state index < -0.39 is 10.8 Å². The molecule has 0 amide bonds. The molecule has 0 spiro atoms. The molecule has 0 saturated carbocycles. The summed E-state index contributed by atoms with van der Waals surface area (Å²) in [5.74, 6) is 0.575. The zero-order chi connectivity index (χ0) is 17.7. The van der Waals surface area contributed by atoms with Gasteiger partial charge in [-0.3, -0.25) is 4.21 Å². The summed E-state index contributed by atoms with van der Waals surface area (Å²) in [6, 6.07) is 17.8. The summed E-state index contributed by atoms with van der Waals surface area (Å²) in [7, 11) is 1.25. The fourth-order valence-electron chi connectivity index (χ4n) is 5.02. The summed E-state index contributed by atoms with van der Waals surface area (Å²) < 4.78 is 19.7. The molecule has 5 rings (SSSR count). The van der Waals surface area contributed by atoms with Crippen LogP contribution < -0.4 is 0 Å². The van der Waals surface area contributed by atoms with E-state index in [4.69, 9.17) is 4.74 Å². The van der Waals surface area contributed by atoms with Crippen LogP contribution in [0.2, 0.25) is 0 Å². The van der Waals surface area contributed by atoms with Gasteiger partial charge in [0.1, 0.15) is 6.10 Å². The fourth-order valence-corrected chi connectivity index (χ4v) is 6.39. The van der Waals surface area contributed by atoms with E-state index in [2.05, 4.69) is 36.2 Å². The molecule has 4 heteroatoms. The minimum Gasteiger partial charge on any atom is -0.365 e. The van der Waals surface area contributed by atoms with Gasteiger partial charge in [0.15, 0.2) is 0 Å². The highest BCUT2D eigenvalue weighted by Crippen LogP contribution is 2.42. The van der Waals surface area contributed by atoms with Gasteiger partial charge in [-0.1, -0.05) is 42.5 Å². The van der Waals surface area contributed by atoms with Crippen LogP contribution in [0.1, 0.15) is 48.5 Å². The molecule has 2 bridgehead atoms. The minimum absolute atomic E-state index is 0.110. The summed E-state index contributed by atoms with van der Waals surface area (Å²) in [6.07, 6.45) is 4.97. The molecular weight excluding hydrogens is 342 g/mol. The van der Waals surface area contributed by atoms with Crippen LogP contribution in [0.5, 0.6) is 0 Å². The van der Waals surface area contributed by atoms with Gasteiger partial charge in [0.05, 0.1) is 22.7 Å². The largest absolute Gasteiger partial charge is 0.365 e. The summed E-state index contributed by atoms with van der Waals surface area (Å²) >= 11 is 0. The van der Waals surface area contributed by atoms with Crippen molar-refractivity contribution in [1.29, 1.82) is 0 Å². The number of rotatable bonds is 2. The zero-order valence-corrected chi connectivity index (χ0v) is 16.0. The van der Waals surface area contributed by atoms with Crippen molar-refractivity contribution in [3.8, 4) is 0 Å². The zero-order valence-electron chi connectivity index (χ0n) is 15.1. The lowest BCUT2D eigenvalue weighted by atomic mass is 9.95. The number of nitrogens with zero attached hydrogens (tertiary/aromatic N) is 1. The standard InChI is InChI=1S/C22H25NO2S/c1-23-16-10-11-17(23)13-18(12-16)25-22-19-7-3-2-6-15(19)14-26(24)21-9-5-4-8-20(21)22/h2-9,16-18,22H,10-14H2,1H3/t16-,17+,18?,22?,26?. The van der Waals surface area contributed by atoms with Gasteiger partial charge in [-0.2, -0.15) is 0 Å². The Morgan fingerprint density at radius 1 is 0.962 bits per heavy atom. The van der Waals surface area contributed by atoms with Crippen LogP contribution in [0.25, 0.3) is 0 Å². The summed E-state index contributed by atoms with van der Waals surface area (Å²) in [4.78, 5) is 3.48. The van der Waals surface area contributed by atoms with E-state index in [1.165, 1.54) is 18.4 Å². The maximum Gasteiger partial charge on any atom is 0.109 e. The van der Waals surface area contributed by atoms with Gasteiger partial charge in [-0.15, -0.1) is 0 Å². The van der Waals surface area contributed by atoms with Gasteiger partial charge in [-0.25, -0.2) is 0 Å². The van der Waals surface area contributed by atoms with Crippen molar-refractivity contribution in [2.24, 2.45) is 0 Å². The predicted molar refractivity (Wildman–Crippen MR) is 104 cm³/mol. The number of hydrogen-bond acceptors (Lipinski definition) is 3. The third-order valence-corrected chi connectivity index (χ3v) is 7.89. The molecule has 136 valence electrons. The summed E-state index contributed by atoms with van der Waals surface area (Å²) in [6.45, 7) is 0. The van der Waals surface area contributed by atoms with Crippen LogP contribution in [0.15, 0.2) is 53.4 Å². The van der Waals surface area contributed by atoms with E-state index >= 15 is 0 Å². The van der Waals surface area contributed by atoms with E-state index in [1.807, 2.05) is 24.3 Å². The van der Waals surface area contributed by atoms with Crippen LogP contribution in [0.4, 0.5) is 0 Å². The second-order valence-corrected chi connectivity index (χ2v) is 9.31. The molecule has 2 saturated heterocycles. The molecule has 3 unspecified atom stereocenters. The normalized spacial score (nSPS) is 33.3. The SMILES string of the molecule is CN1[C@@H]2CC[C@H]1CC(OC1c3ccccc3CS(=O)c3ccccc31)C2. The van der Waals surface area contributed by atoms with Crippen molar-refractivity contribution < 1.29 is 8.95 Å². The Hall–Kier alpha value is -1.49. The highest BCUT2D eigenvalue weighted by atomic mass is 32.2. The second-order valence-electron chi connectivity index (χ2n) is 7.89. The Kier molecular flexibility index (Phi) is 4.23. The Labute approximate surface area is 157 Å². The Morgan fingerprint density at radius 2 is 1.62 bits per heavy atom. The maximum atomic E-state index is 12.9. The van der Waals surface area contributed by atoms with Crippen molar-refractivity contribution in [2.75, 3.05) is 7.05 Å². The molecule has 0 aliphatic carbocycles. The molecule has 2 fully saturated rings. The van der Waals surface area contributed by atoms with Crippen molar-refractivity contribution >= 4 is 10.8 Å². The third kappa shape index (κ3) is 2.75. The first-order valence-electron chi connectivity index (χ1n) is 9.63. The highest BCUT2D eigenvalue weighted by Gasteiger charge is 2.40. The number of fused-ring (bicyclic) bond motifs is 4. The predicted octanol–water partition coefficient (Wildman–Crippen LogP) is 4.04. The molecule has 3 nitrogen and oxygen atoms in total. The molecule has 2 aromatic carbocycles. The molecule has 3 aliphatic rings. The van der Waals surface area contributed by atoms with Gasteiger partial charge in [0.2, 0.25) is 0 Å². The Morgan fingerprint density at radius 3 is 2.38 bits per heavy atom. The van der Waals surface area contributed by atoms with Gasteiger partial charge in [0.25, 0.3) is 0 Å². The lowest BCUT2D eigenvalue weighted by Crippen LogP contribution is -2.43. The van der Waals surface area contributed by atoms with Gasteiger partial charge in [-0.05, 0) is 49.9 Å². The van der Waals surface area contributed by atoms with Gasteiger partial charge < -0.3 is 9.64 Å². The molecule has 0 aromatic heterocycles. The number of hydrogen-bond donors (Lipinski definition) is 0. The lowest BCUT2D eigenvalue weighted by molar-refractivity contribution is -0.0435. The van der Waals surface area contributed by atoms with E-state index in [9.17, 15) is 4.21 Å². The monoisotopic (exact) mass is 367 g/mol. The highest BCUT2D eigenvalue weighted by molar-refractivity contribution is 7.84. The third-order valence-electron chi connectivity index (χ3n) is 6.45. The number of ether oxygens (including phenoxy) is 1. The average molecular weight is 368 g/mol. The maximum absolute atomic E-state index is 12.9. The average Bonchev–Trinajstić information content (AvgIpc) is 2.84. The van der Waals surface area contributed by atoms with E-state index in [0.29, 0.717) is 17.8 Å². The first-order valence-corrected chi connectivity index (χ1v) is 10.9. The van der Waals surface area contributed by atoms with Crippen LogP contribution in [0, 0.1) is 0 Å². The van der Waals surface area contributed by atoms with E-state index in [-0.39, 0.29) is 12.2 Å². The van der Waals surface area contributed by atoms with Crippen molar-refractivity contribution in [1.82, 2.24) is 4.90 Å². The Bertz CT molecular complexity index is 838. The number of benzene rings is 2. The van der Waals surface area contributed by atoms with Crippen LogP contribution in [-0.4, -0.2) is 34.3 Å². The first-order chi connectivity index (χ1) is 12.7. The molecule has 5 atom stereocenters. The van der Waals surface area contributed by atoms with E-state index in [0.717, 1.165) is 28.9 Å². The lowest BCUT2D eigenvalue weighted by Gasteiger charge is -2.38. The van der Waals surface area contributed by atoms with Gasteiger partial charge >= 0.3 is 0 Å². The van der Waals surface area contributed by atoms with Gasteiger partial charge in [0, 0.05) is 22.5 Å². The Balaban J connectivity index is 1.53. The molecule has 2 aromatic rings. The van der Waals surface area contributed by atoms with E-state index in [1.54, 1.807) is 0 Å². The quantitative estimate of drug-likeness (QED) is 0.802. The molecular formula is C22H25NO2S. The van der Waals surface area contributed by atoms with Crippen molar-refractivity contribution in [2.45, 2.75) is 60.6 Å².